The first-order chi connectivity index (χ1) is 9.60. The van der Waals surface area contributed by atoms with E-state index in [0.717, 1.165) is 11.3 Å². The summed E-state index contributed by atoms with van der Waals surface area (Å²) in [5.74, 6) is 0.795. The topological polar surface area (TPSA) is 87.6 Å². The minimum absolute atomic E-state index is 0.360. The van der Waals surface area contributed by atoms with Gasteiger partial charge in [0.25, 0.3) is 0 Å². The van der Waals surface area contributed by atoms with E-state index >= 15 is 0 Å². The van der Waals surface area contributed by atoms with Crippen LogP contribution in [0.4, 0.5) is 5.69 Å². The van der Waals surface area contributed by atoms with Crippen LogP contribution in [0.25, 0.3) is 0 Å². The van der Waals surface area contributed by atoms with Crippen molar-refractivity contribution in [3.05, 3.63) is 53.6 Å². The quantitative estimate of drug-likeness (QED) is 0.814. The van der Waals surface area contributed by atoms with Gasteiger partial charge < -0.3 is 20.9 Å². The smallest absolute Gasteiger partial charge is 0.248 e. The van der Waals surface area contributed by atoms with E-state index in [1.54, 1.807) is 19.2 Å². The van der Waals surface area contributed by atoms with Gasteiger partial charge in [0.05, 0.1) is 12.8 Å². The third-order valence-electron chi connectivity index (χ3n) is 2.85. The maximum Gasteiger partial charge on any atom is 0.248 e. The number of benzene rings is 2. The normalized spacial score (nSPS) is 10.1. The summed E-state index contributed by atoms with van der Waals surface area (Å²) in [7, 11) is 1.62. The molecule has 104 valence electrons. The molecule has 0 fully saturated rings. The lowest BCUT2D eigenvalue weighted by Gasteiger charge is -2.10. The molecule has 0 saturated heterocycles. The fourth-order valence-electron chi connectivity index (χ4n) is 1.72. The van der Waals surface area contributed by atoms with Crippen molar-refractivity contribution in [3.63, 3.8) is 0 Å². The molecule has 1 amide bonds. The molecule has 2 aromatic carbocycles. The van der Waals surface area contributed by atoms with Crippen LogP contribution in [-0.2, 0) is 6.61 Å². The van der Waals surface area contributed by atoms with Crippen molar-refractivity contribution in [2.45, 2.75) is 6.61 Å². The van der Waals surface area contributed by atoms with Crippen LogP contribution in [0.15, 0.2) is 42.5 Å². The van der Waals surface area contributed by atoms with Gasteiger partial charge in [-0.3, -0.25) is 4.79 Å². The first-order valence-corrected chi connectivity index (χ1v) is 6.05. The van der Waals surface area contributed by atoms with Crippen LogP contribution < -0.4 is 20.9 Å². The Morgan fingerprint density at radius 3 is 2.40 bits per heavy atom. The van der Waals surface area contributed by atoms with Crippen LogP contribution in [-0.4, -0.2) is 13.0 Å². The van der Waals surface area contributed by atoms with E-state index in [9.17, 15) is 4.79 Å². The lowest BCUT2D eigenvalue weighted by atomic mass is 10.2. The van der Waals surface area contributed by atoms with Gasteiger partial charge in [-0.05, 0) is 35.9 Å². The van der Waals surface area contributed by atoms with Gasteiger partial charge in [-0.25, -0.2) is 0 Å². The average Bonchev–Trinajstić information content (AvgIpc) is 2.46. The SMILES string of the molecule is COc1ccc(COc2ccc(C(N)=O)cc2N)cc1. The van der Waals surface area contributed by atoms with Crippen LogP contribution in [0.3, 0.4) is 0 Å². The molecule has 0 aromatic heterocycles. The molecular weight excluding hydrogens is 256 g/mol. The van der Waals surface area contributed by atoms with Crippen molar-refractivity contribution in [1.82, 2.24) is 0 Å². The summed E-state index contributed by atoms with van der Waals surface area (Å²) in [6.07, 6.45) is 0. The van der Waals surface area contributed by atoms with E-state index in [2.05, 4.69) is 0 Å². The summed E-state index contributed by atoms with van der Waals surface area (Å²) in [5, 5.41) is 0. The molecule has 20 heavy (non-hydrogen) atoms. The summed E-state index contributed by atoms with van der Waals surface area (Å²) in [6.45, 7) is 0.379. The second-order valence-electron chi connectivity index (χ2n) is 4.25. The van der Waals surface area contributed by atoms with Crippen LogP contribution in [0.5, 0.6) is 11.5 Å². The number of rotatable bonds is 5. The van der Waals surface area contributed by atoms with E-state index in [1.165, 1.54) is 6.07 Å². The van der Waals surface area contributed by atoms with Crippen molar-refractivity contribution < 1.29 is 14.3 Å². The Bertz CT molecular complexity index is 609. The Morgan fingerprint density at radius 1 is 1.15 bits per heavy atom. The molecule has 0 radical (unpaired) electrons. The number of ether oxygens (including phenoxy) is 2. The molecule has 5 nitrogen and oxygen atoms in total. The molecule has 0 aliphatic heterocycles. The van der Waals surface area contributed by atoms with Crippen LogP contribution >= 0.6 is 0 Å². The maximum atomic E-state index is 11.0. The summed E-state index contributed by atoms with van der Waals surface area (Å²) in [6, 6.07) is 12.3. The van der Waals surface area contributed by atoms with Crippen molar-refractivity contribution in [2.75, 3.05) is 12.8 Å². The Kier molecular flexibility index (Phi) is 4.10. The fraction of sp³-hybridized carbons (Fsp3) is 0.133. The molecule has 0 atom stereocenters. The van der Waals surface area contributed by atoms with E-state index < -0.39 is 5.91 Å². The van der Waals surface area contributed by atoms with Gasteiger partial charge in [-0.2, -0.15) is 0 Å². The van der Waals surface area contributed by atoms with E-state index in [0.29, 0.717) is 23.6 Å². The molecule has 4 N–H and O–H groups in total. The lowest BCUT2D eigenvalue weighted by molar-refractivity contribution is 0.100. The highest BCUT2D eigenvalue weighted by molar-refractivity contribution is 5.94. The number of primary amides is 1. The fourth-order valence-corrected chi connectivity index (χ4v) is 1.72. The van der Waals surface area contributed by atoms with Gasteiger partial charge in [0.1, 0.15) is 18.1 Å². The van der Waals surface area contributed by atoms with Crippen molar-refractivity contribution in [2.24, 2.45) is 5.73 Å². The average molecular weight is 272 g/mol. The summed E-state index contributed by atoms with van der Waals surface area (Å²) >= 11 is 0. The van der Waals surface area contributed by atoms with Crippen LogP contribution in [0.2, 0.25) is 0 Å². The molecule has 0 heterocycles. The highest BCUT2D eigenvalue weighted by atomic mass is 16.5. The van der Waals surface area contributed by atoms with E-state index in [1.807, 2.05) is 24.3 Å². The highest BCUT2D eigenvalue weighted by Gasteiger charge is 2.06. The molecule has 2 rings (SSSR count). The lowest BCUT2D eigenvalue weighted by Crippen LogP contribution is -2.11. The largest absolute Gasteiger partial charge is 0.497 e. The van der Waals surface area contributed by atoms with E-state index in [4.69, 9.17) is 20.9 Å². The zero-order chi connectivity index (χ0) is 14.5. The third kappa shape index (κ3) is 3.20. The number of nitrogens with two attached hydrogens (primary N) is 2. The Morgan fingerprint density at radius 2 is 1.85 bits per heavy atom. The molecule has 0 bridgehead atoms. The maximum absolute atomic E-state index is 11.0. The van der Waals surface area contributed by atoms with Gasteiger partial charge >= 0.3 is 0 Å². The van der Waals surface area contributed by atoms with Gasteiger partial charge in [-0.15, -0.1) is 0 Å². The summed E-state index contributed by atoms with van der Waals surface area (Å²) < 4.78 is 10.7. The van der Waals surface area contributed by atoms with Crippen molar-refractivity contribution in [1.29, 1.82) is 0 Å². The zero-order valence-electron chi connectivity index (χ0n) is 11.1. The number of anilines is 1. The molecule has 5 heteroatoms. The van der Waals surface area contributed by atoms with Crippen LogP contribution in [0.1, 0.15) is 15.9 Å². The van der Waals surface area contributed by atoms with Crippen LogP contribution in [0, 0.1) is 0 Å². The number of carbonyl (C=O) groups is 1. The first-order valence-electron chi connectivity index (χ1n) is 6.05. The number of hydrogen-bond acceptors (Lipinski definition) is 4. The standard InChI is InChI=1S/C15H16N2O3/c1-19-12-5-2-10(3-6-12)9-20-14-7-4-11(15(17)18)8-13(14)16/h2-8H,9,16H2,1H3,(H2,17,18). The molecule has 0 unspecified atom stereocenters. The summed E-state index contributed by atoms with van der Waals surface area (Å²) in [5.41, 5.74) is 12.7. The molecule has 2 aromatic rings. The second-order valence-corrected chi connectivity index (χ2v) is 4.25. The predicted molar refractivity (Wildman–Crippen MR) is 76.7 cm³/mol. The number of amides is 1. The molecule has 0 aliphatic rings. The van der Waals surface area contributed by atoms with Gasteiger partial charge in [-0.1, -0.05) is 12.1 Å². The van der Waals surface area contributed by atoms with Crippen molar-refractivity contribution in [3.8, 4) is 11.5 Å². The molecular formula is C15H16N2O3. The minimum Gasteiger partial charge on any atom is -0.497 e. The van der Waals surface area contributed by atoms with Crippen molar-refractivity contribution >= 4 is 11.6 Å². The second kappa shape index (κ2) is 5.97. The van der Waals surface area contributed by atoms with Gasteiger partial charge in [0, 0.05) is 5.56 Å². The monoisotopic (exact) mass is 272 g/mol. The number of hydrogen-bond donors (Lipinski definition) is 2. The summed E-state index contributed by atoms with van der Waals surface area (Å²) in [4.78, 5) is 11.0. The molecule has 0 aliphatic carbocycles. The highest BCUT2D eigenvalue weighted by Crippen LogP contribution is 2.23. The number of carbonyl (C=O) groups excluding carboxylic acids is 1. The molecule has 0 saturated carbocycles. The Balaban J connectivity index is 2.04. The Hall–Kier alpha value is -2.69. The zero-order valence-corrected chi connectivity index (χ0v) is 11.1. The third-order valence-corrected chi connectivity index (χ3v) is 2.85. The predicted octanol–water partition coefficient (Wildman–Crippen LogP) is 1.96. The number of methoxy groups -OCH3 is 1. The minimum atomic E-state index is -0.515. The van der Waals surface area contributed by atoms with Gasteiger partial charge in [0.2, 0.25) is 5.91 Å². The molecule has 0 spiro atoms. The first kappa shape index (κ1) is 13.7. The Labute approximate surface area is 117 Å². The number of nitrogen functional groups attached to an aromatic ring is 1. The van der Waals surface area contributed by atoms with Gasteiger partial charge in [0.15, 0.2) is 0 Å². The van der Waals surface area contributed by atoms with E-state index in [-0.39, 0.29) is 0 Å².